The van der Waals surface area contributed by atoms with E-state index < -0.39 is 0 Å². The van der Waals surface area contributed by atoms with E-state index in [-0.39, 0.29) is 5.56 Å². The van der Waals surface area contributed by atoms with Gasteiger partial charge in [-0.25, -0.2) is 0 Å². The van der Waals surface area contributed by atoms with Crippen LogP contribution in [0, 0.1) is 11.3 Å². The normalized spacial score (nSPS) is 10.4. The van der Waals surface area contributed by atoms with E-state index >= 15 is 0 Å². The van der Waals surface area contributed by atoms with Crippen LogP contribution in [0.15, 0.2) is 102 Å². The molecule has 1 aromatic heterocycles. The quantitative estimate of drug-likeness (QED) is 0.507. The van der Waals surface area contributed by atoms with Crippen molar-refractivity contribution >= 4 is 0 Å². The van der Waals surface area contributed by atoms with E-state index in [9.17, 15) is 10.1 Å². The van der Waals surface area contributed by atoms with Gasteiger partial charge in [-0.3, -0.25) is 4.79 Å². The topological polar surface area (TPSA) is 45.8 Å². The first kappa shape index (κ1) is 17.5. The average molecular weight is 362 g/mol. The van der Waals surface area contributed by atoms with Crippen LogP contribution < -0.4 is 5.56 Å². The van der Waals surface area contributed by atoms with Gasteiger partial charge in [0.15, 0.2) is 0 Å². The minimum absolute atomic E-state index is 0.0275. The molecule has 4 aromatic rings. The Kier molecular flexibility index (Phi) is 4.86. The van der Waals surface area contributed by atoms with Gasteiger partial charge in [-0.05, 0) is 34.4 Å². The molecular weight excluding hydrogens is 344 g/mol. The van der Waals surface area contributed by atoms with E-state index in [0.29, 0.717) is 12.1 Å². The summed E-state index contributed by atoms with van der Waals surface area (Å²) in [4.78, 5) is 12.5. The lowest BCUT2D eigenvalue weighted by atomic mass is 9.99. The SMILES string of the molecule is N#Cc1ccccc1-c1ccc(Cn2c(-c3ccccc3)cccc2=O)cc1. The van der Waals surface area contributed by atoms with Crippen molar-refractivity contribution in [1.82, 2.24) is 4.57 Å². The molecule has 0 saturated heterocycles. The Morgan fingerprint density at radius 1 is 0.714 bits per heavy atom. The summed E-state index contributed by atoms with van der Waals surface area (Å²) in [5.74, 6) is 0. The number of pyridine rings is 1. The first-order valence-corrected chi connectivity index (χ1v) is 9.10. The van der Waals surface area contributed by atoms with Gasteiger partial charge < -0.3 is 4.57 Å². The molecule has 134 valence electrons. The summed E-state index contributed by atoms with van der Waals surface area (Å²) in [7, 11) is 0. The number of rotatable bonds is 4. The molecule has 0 spiro atoms. The Bertz CT molecular complexity index is 1200. The maximum absolute atomic E-state index is 12.5. The van der Waals surface area contributed by atoms with Gasteiger partial charge in [-0.15, -0.1) is 0 Å². The molecule has 0 aliphatic heterocycles. The fraction of sp³-hybridized carbons (Fsp3) is 0.0400. The second kappa shape index (κ2) is 7.77. The Morgan fingerprint density at radius 3 is 2.18 bits per heavy atom. The maximum atomic E-state index is 12.5. The Morgan fingerprint density at radius 2 is 1.43 bits per heavy atom. The smallest absolute Gasteiger partial charge is 0.251 e. The predicted octanol–water partition coefficient (Wildman–Crippen LogP) is 5.10. The first-order chi connectivity index (χ1) is 13.8. The largest absolute Gasteiger partial charge is 0.304 e. The third-order valence-corrected chi connectivity index (χ3v) is 4.77. The zero-order valence-corrected chi connectivity index (χ0v) is 15.2. The van der Waals surface area contributed by atoms with Gasteiger partial charge in [0.2, 0.25) is 0 Å². The van der Waals surface area contributed by atoms with E-state index in [2.05, 4.69) is 6.07 Å². The molecule has 0 N–H and O–H groups in total. The Labute approximate surface area is 163 Å². The third-order valence-electron chi connectivity index (χ3n) is 4.77. The lowest BCUT2D eigenvalue weighted by Gasteiger charge is -2.13. The van der Waals surface area contributed by atoms with E-state index in [1.165, 1.54) is 0 Å². The fourth-order valence-electron chi connectivity index (χ4n) is 3.35. The molecule has 3 nitrogen and oxygen atoms in total. The van der Waals surface area contributed by atoms with Crippen molar-refractivity contribution < 1.29 is 0 Å². The van der Waals surface area contributed by atoms with E-state index in [1.54, 1.807) is 16.7 Å². The summed E-state index contributed by atoms with van der Waals surface area (Å²) in [6.45, 7) is 0.490. The molecule has 3 heteroatoms. The van der Waals surface area contributed by atoms with E-state index in [1.807, 2.05) is 84.9 Å². The number of hydrogen-bond acceptors (Lipinski definition) is 2. The van der Waals surface area contributed by atoms with Gasteiger partial charge in [0.05, 0.1) is 23.9 Å². The Hall–Kier alpha value is -3.90. The first-order valence-electron chi connectivity index (χ1n) is 9.10. The van der Waals surface area contributed by atoms with Gasteiger partial charge >= 0.3 is 0 Å². The lowest BCUT2D eigenvalue weighted by molar-refractivity contribution is 0.768. The van der Waals surface area contributed by atoms with Crippen LogP contribution in [0.25, 0.3) is 22.4 Å². The molecule has 0 bridgehead atoms. The van der Waals surface area contributed by atoms with Gasteiger partial charge in [0.25, 0.3) is 5.56 Å². The number of benzene rings is 3. The standard InChI is InChI=1S/C25H18N2O/c26-17-22-9-4-5-10-23(22)20-15-13-19(14-16-20)18-27-24(11-6-12-25(27)28)21-7-2-1-3-8-21/h1-16H,18H2. The van der Waals surface area contributed by atoms with Crippen LogP contribution in [0.3, 0.4) is 0 Å². The van der Waals surface area contributed by atoms with Crippen molar-refractivity contribution in [3.63, 3.8) is 0 Å². The molecule has 0 atom stereocenters. The molecular formula is C25H18N2O. The molecule has 0 fully saturated rings. The summed E-state index contributed by atoms with van der Waals surface area (Å²) in [5.41, 5.74) is 5.47. The third kappa shape index (κ3) is 3.49. The molecule has 0 amide bonds. The summed E-state index contributed by atoms with van der Waals surface area (Å²) >= 11 is 0. The number of hydrogen-bond donors (Lipinski definition) is 0. The minimum atomic E-state index is -0.0275. The maximum Gasteiger partial charge on any atom is 0.251 e. The number of nitriles is 1. The van der Waals surface area contributed by atoms with Gasteiger partial charge in [0.1, 0.15) is 0 Å². The van der Waals surface area contributed by atoms with Crippen molar-refractivity contribution in [2.75, 3.05) is 0 Å². The fourth-order valence-corrected chi connectivity index (χ4v) is 3.35. The zero-order chi connectivity index (χ0) is 19.3. The predicted molar refractivity (Wildman–Crippen MR) is 112 cm³/mol. The molecule has 0 aliphatic rings. The second-order valence-corrected chi connectivity index (χ2v) is 6.56. The average Bonchev–Trinajstić information content (AvgIpc) is 2.76. The van der Waals surface area contributed by atoms with Crippen LogP contribution in [0.5, 0.6) is 0 Å². The molecule has 1 heterocycles. The molecule has 28 heavy (non-hydrogen) atoms. The van der Waals surface area contributed by atoms with Crippen molar-refractivity contribution in [2.24, 2.45) is 0 Å². The van der Waals surface area contributed by atoms with Crippen molar-refractivity contribution in [1.29, 1.82) is 5.26 Å². The Balaban J connectivity index is 1.68. The van der Waals surface area contributed by atoms with Gasteiger partial charge in [-0.2, -0.15) is 5.26 Å². The highest BCUT2D eigenvalue weighted by molar-refractivity contribution is 5.70. The van der Waals surface area contributed by atoms with Crippen LogP contribution in [0.1, 0.15) is 11.1 Å². The highest BCUT2D eigenvalue weighted by atomic mass is 16.1. The summed E-state index contributed by atoms with van der Waals surface area (Å²) in [6.07, 6.45) is 0. The lowest BCUT2D eigenvalue weighted by Crippen LogP contribution is -2.21. The van der Waals surface area contributed by atoms with E-state index in [0.717, 1.165) is 27.9 Å². The van der Waals surface area contributed by atoms with Crippen molar-refractivity contribution in [3.8, 4) is 28.5 Å². The second-order valence-electron chi connectivity index (χ2n) is 6.56. The monoisotopic (exact) mass is 362 g/mol. The van der Waals surface area contributed by atoms with Crippen LogP contribution in [-0.4, -0.2) is 4.57 Å². The summed E-state index contributed by atoms with van der Waals surface area (Å²) in [6, 6.07) is 33.1. The molecule has 0 aliphatic carbocycles. The minimum Gasteiger partial charge on any atom is -0.304 e. The molecule has 0 unspecified atom stereocenters. The van der Waals surface area contributed by atoms with Gasteiger partial charge in [-0.1, -0.05) is 78.9 Å². The van der Waals surface area contributed by atoms with Crippen molar-refractivity contribution in [2.45, 2.75) is 6.54 Å². The van der Waals surface area contributed by atoms with Crippen molar-refractivity contribution in [3.05, 3.63) is 119 Å². The number of aromatic nitrogens is 1. The molecule has 4 rings (SSSR count). The molecule has 0 saturated carbocycles. The summed E-state index contributed by atoms with van der Waals surface area (Å²) < 4.78 is 1.79. The van der Waals surface area contributed by atoms with Crippen LogP contribution in [-0.2, 0) is 6.54 Å². The van der Waals surface area contributed by atoms with E-state index in [4.69, 9.17) is 0 Å². The number of nitrogens with zero attached hydrogens (tertiary/aromatic N) is 2. The van der Waals surface area contributed by atoms with Crippen LogP contribution in [0.4, 0.5) is 0 Å². The van der Waals surface area contributed by atoms with Crippen LogP contribution >= 0.6 is 0 Å². The zero-order valence-electron chi connectivity index (χ0n) is 15.2. The highest BCUT2D eigenvalue weighted by Gasteiger charge is 2.08. The molecule has 0 radical (unpaired) electrons. The van der Waals surface area contributed by atoms with Gasteiger partial charge in [0, 0.05) is 6.07 Å². The molecule has 3 aromatic carbocycles. The highest BCUT2D eigenvalue weighted by Crippen LogP contribution is 2.24. The van der Waals surface area contributed by atoms with Crippen LogP contribution in [0.2, 0.25) is 0 Å². The summed E-state index contributed by atoms with van der Waals surface area (Å²) in [5, 5.41) is 9.31.